The average molecular weight is 455 g/mol. The average Bonchev–Trinajstić information content (AvgIpc) is 2.76. The van der Waals surface area contributed by atoms with Gasteiger partial charge in [-0.25, -0.2) is 9.97 Å². The molecule has 1 N–H and O–H groups in total. The Morgan fingerprint density at radius 1 is 1.06 bits per heavy atom. The molecule has 1 heterocycles. The van der Waals surface area contributed by atoms with E-state index in [2.05, 4.69) is 22.2 Å². The minimum absolute atomic E-state index is 0.0684. The number of hydrogen-bond acceptors (Lipinski definition) is 4. The van der Waals surface area contributed by atoms with Crippen molar-refractivity contribution in [3.8, 4) is 0 Å². The molecule has 0 radical (unpaired) electrons. The van der Waals surface area contributed by atoms with Gasteiger partial charge in [-0.1, -0.05) is 53.6 Å². The van der Waals surface area contributed by atoms with Crippen molar-refractivity contribution in [2.24, 2.45) is 0 Å². The molecule has 0 aliphatic carbocycles. The van der Waals surface area contributed by atoms with E-state index in [9.17, 15) is 4.79 Å². The standard InChI is InChI=1S/C24H24Cl2N4O/c1-3-30(24-27-15-6-16-28-24)19-13-11-18(12-14-19)8-4-7-17(2)29-23(31)22-20(25)9-5-10-21(22)26/h4-6,8-17H,3,7H2,1-2H3,(H,29,31)/b8-4+. The first kappa shape index (κ1) is 22.8. The third-order valence-electron chi connectivity index (χ3n) is 4.68. The monoisotopic (exact) mass is 454 g/mol. The Morgan fingerprint density at radius 3 is 2.32 bits per heavy atom. The first-order chi connectivity index (χ1) is 15.0. The highest BCUT2D eigenvalue weighted by molar-refractivity contribution is 6.39. The number of amides is 1. The van der Waals surface area contributed by atoms with E-state index in [4.69, 9.17) is 23.2 Å². The van der Waals surface area contributed by atoms with Gasteiger partial charge in [0.05, 0.1) is 15.6 Å². The van der Waals surface area contributed by atoms with Gasteiger partial charge in [-0.15, -0.1) is 0 Å². The summed E-state index contributed by atoms with van der Waals surface area (Å²) in [5.41, 5.74) is 2.41. The highest BCUT2D eigenvalue weighted by atomic mass is 35.5. The van der Waals surface area contributed by atoms with Gasteiger partial charge in [0.25, 0.3) is 5.91 Å². The molecule has 3 aromatic rings. The minimum atomic E-state index is -0.274. The lowest BCUT2D eigenvalue weighted by Gasteiger charge is -2.20. The topological polar surface area (TPSA) is 58.1 Å². The van der Waals surface area contributed by atoms with Crippen molar-refractivity contribution in [1.82, 2.24) is 15.3 Å². The van der Waals surface area contributed by atoms with E-state index in [1.165, 1.54) is 0 Å². The lowest BCUT2D eigenvalue weighted by Crippen LogP contribution is -2.32. The Morgan fingerprint density at radius 2 is 1.71 bits per heavy atom. The number of nitrogens with zero attached hydrogens (tertiary/aromatic N) is 3. The summed E-state index contributed by atoms with van der Waals surface area (Å²) in [4.78, 5) is 23.2. The molecule has 2 aromatic carbocycles. The van der Waals surface area contributed by atoms with Crippen LogP contribution in [0, 0.1) is 0 Å². The number of hydrogen-bond donors (Lipinski definition) is 1. The Hall–Kier alpha value is -2.89. The van der Waals surface area contributed by atoms with Gasteiger partial charge in [0, 0.05) is 30.7 Å². The molecule has 31 heavy (non-hydrogen) atoms. The SMILES string of the molecule is CCN(c1ccc(/C=C/CC(C)NC(=O)c2c(Cl)cccc2Cl)cc1)c1ncccn1. The largest absolute Gasteiger partial charge is 0.349 e. The lowest BCUT2D eigenvalue weighted by atomic mass is 10.1. The first-order valence-electron chi connectivity index (χ1n) is 10.1. The van der Waals surface area contributed by atoms with Crippen LogP contribution in [0.15, 0.2) is 67.0 Å². The molecule has 0 spiro atoms. The Balaban J connectivity index is 1.58. The number of benzene rings is 2. The van der Waals surface area contributed by atoms with Crippen molar-refractivity contribution in [3.05, 3.63) is 88.2 Å². The zero-order valence-corrected chi connectivity index (χ0v) is 18.9. The summed E-state index contributed by atoms with van der Waals surface area (Å²) in [6.45, 7) is 4.77. The molecule has 160 valence electrons. The maximum absolute atomic E-state index is 12.5. The fraction of sp³-hybridized carbons (Fsp3) is 0.208. The van der Waals surface area contributed by atoms with Crippen molar-refractivity contribution in [1.29, 1.82) is 0 Å². The Kier molecular flexibility index (Phi) is 8.04. The smallest absolute Gasteiger partial charge is 0.254 e. The van der Waals surface area contributed by atoms with Crippen molar-refractivity contribution in [2.45, 2.75) is 26.3 Å². The second kappa shape index (κ2) is 10.9. The molecule has 1 amide bonds. The van der Waals surface area contributed by atoms with Crippen molar-refractivity contribution in [3.63, 3.8) is 0 Å². The zero-order valence-electron chi connectivity index (χ0n) is 17.4. The van der Waals surface area contributed by atoms with E-state index in [0.29, 0.717) is 28.0 Å². The number of anilines is 2. The van der Waals surface area contributed by atoms with Crippen LogP contribution in [0.25, 0.3) is 6.08 Å². The Labute approximate surface area is 192 Å². The van der Waals surface area contributed by atoms with Gasteiger partial charge in [0.15, 0.2) is 0 Å². The Bertz CT molecular complexity index is 1020. The number of carbonyl (C=O) groups is 1. The number of aromatic nitrogens is 2. The highest BCUT2D eigenvalue weighted by Crippen LogP contribution is 2.24. The summed E-state index contributed by atoms with van der Waals surface area (Å²) in [7, 11) is 0. The van der Waals surface area contributed by atoms with E-state index >= 15 is 0 Å². The quantitative estimate of drug-likeness (QED) is 0.442. The van der Waals surface area contributed by atoms with Crippen molar-refractivity contribution in [2.75, 3.05) is 11.4 Å². The fourth-order valence-corrected chi connectivity index (χ4v) is 3.68. The molecule has 0 saturated carbocycles. The molecule has 1 atom stereocenters. The maximum Gasteiger partial charge on any atom is 0.254 e. The lowest BCUT2D eigenvalue weighted by molar-refractivity contribution is 0.0941. The molecule has 7 heteroatoms. The van der Waals surface area contributed by atoms with Crippen LogP contribution < -0.4 is 10.2 Å². The highest BCUT2D eigenvalue weighted by Gasteiger charge is 2.16. The summed E-state index contributed by atoms with van der Waals surface area (Å²) in [5.74, 6) is 0.403. The van der Waals surface area contributed by atoms with Gasteiger partial charge < -0.3 is 10.2 Å². The summed E-state index contributed by atoms with van der Waals surface area (Å²) in [5, 5.41) is 3.62. The fourth-order valence-electron chi connectivity index (χ4n) is 3.11. The van der Waals surface area contributed by atoms with E-state index in [0.717, 1.165) is 17.8 Å². The van der Waals surface area contributed by atoms with Crippen LogP contribution in [0.5, 0.6) is 0 Å². The van der Waals surface area contributed by atoms with Gasteiger partial charge in [0.1, 0.15) is 0 Å². The molecule has 0 aliphatic rings. The van der Waals surface area contributed by atoms with Crippen molar-refractivity contribution < 1.29 is 4.79 Å². The first-order valence-corrected chi connectivity index (χ1v) is 10.8. The van der Waals surface area contributed by atoms with Gasteiger partial charge in [0.2, 0.25) is 5.95 Å². The van der Waals surface area contributed by atoms with E-state index in [1.54, 1.807) is 36.7 Å². The molecule has 1 aromatic heterocycles. The van der Waals surface area contributed by atoms with Crippen molar-refractivity contribution >= 4 is 46.8 Å². The van der Waals surface area contributed by atoms with Crippen LogP contribution >= 0.6 is 23.2 Å². The summed E-state index contributed by atoms with van der Waals surface area (Å²) in [6.07, 6.45) is 8.22. The maximum atomic E-state index is 12.5. The molecular weight excluding hydrogens is 431 g/mol. The molecule has 1 unspecified atom stereocenters. The number of carbonyl (C=O) groups excluding carboxylic acids is 1. The second-order valence-corrected chi connectivity index (χ2v) is 7.81. The van der Waals surface area contributed by atoms with Gasteiger partial charge in [-0.05, 0) is 56.2 Å². The predicted octanol–water partition coefficient (Wildman–Crippen LogP) is 6.16. The van der Waals surface area contributed by atoms with Gasteiger partial charge in [-0.3, -0.25) is 4.79 Å². The van der Waals surface area contributed by atoms with Gasteiger partial charge in [-0.2, -0.15) is 0 Å². The summed E-state index contributed by atoms with van der Waals surface area (Å²) in [6, 6.07) is 14.9. The summed E-state index contributed by atoms with van der Waals surface area (Å²) >= 11 is 12.2. The van der Waals surface area contributed by atoms with E-state index in [-0.39, 0.29) is 11.9 Å². The number of halogens is 2. The normalized spacial score (nSPS) is 12.0. The molecule has 0 bridgehead atoms. The third-order valence-corrected chi connectivity index (χ3v) is 5.31. The van der Waals surface area contributed by atoms with Crippen LogP contribution in [0.3, 0.4) is 0 Å². The van der Waals surface area contributed by atoms with Gasteiger partial charge >= 0.3 is 0 Å². The van der Waals surface area contributed by atoms with E-state index < -0.39 is 0 Å². The molecule has 3 rings (SSSR count). The summed E-state index contributed by atoms with van der Waals surface area (Å²) < 4.78 is 0. The number of rotatable bonds is 8. The third kappa shape index (κ3) is 6.06. The van der Waals surface area contributed by atoms with Crippen LogP contribution in [0.2, 0.25) is 10.0 Å². The van der Waals surface area contributed by atoms with Crippen LogP contribution in [-0.4, -0.2) is 28.5 Å². The molecule has 0 saturated heterocycles. The molecule has 0 aliphatic heterocycles. The molecule has 5 nitrogen and oxygen atoms in total. The van der Waals surface area contributed by atoms with Crippen LogP contribution in [0.4, 0.5) is 11.6 Å². The van der Waals surface area contributed by atoms with Crippen LogP contribution in [0.1, 0.15) is 36.2 Å². The minimum Gasteiger partial charge on any atom is -0.349 e. The zero-order chi connectivity index (χ0) is 22.2. The second-order valence-electron chi connectivity index (χ2n) is 6.99. The molecular formula is C24H24Cl2N4O. The molecule has 0 fully saturated rings. The van der Waals surface area contributed by atoms with Crippen LogP contribution in [-0.2, 0) is 0 Å². The number of nitrogens with one attached hydrogen (secondary N) is 1. The predicted molar refractivity (Wildman–Crippen MR) is 128 cm³/mol. The van der Waals surface area contributed by atoms with E-state index in [1.807, 2.05) is 48.2 Å².